The van der Waals surface area contributed by atoms with Crippen LogP contribution >= 0.6 is 0 Å². The van der Waals surface area contributed by atoms with Crippen molar-refractivity contribution in [3.05, 3.63) is 274 Å². The minimum atomic E-state index is 0.334. The first kappa shape index (κ1) is 56.1. The summed E-state index contributed by atoms with van der Waals surface area (Å²) in [5.41, 5.74) is 20.8. The van der Waals surface area contributed by atoms with Crippen molar-refractivity contribution >= 4 is 82.9 Å². The summed E-state index contributed by atoms with van der Waals surface area (Å²) in [6.45, 7) is 16.3. The lowest BCUT2D eigenvalue weighted by atomic mass is 9.83. The fourth-order valence-electron chi connectivity index (χ4n) is 13.0. The lowest BCUT2D eigenvalue weighted by Gasteiger charge is -2.22. The fourth-order valence-corrected chi connectivity index (χ4v) is 13.0. The molecular weight excluding hydrogens is 1040 g/mol. The van der Waals surface area contributed by atoms with Gasteiger partial charge in [0.05, 0.1) is 20.3 Å². The van der Waals surface area contributed by atoms with Crippen molar-refractivity contribution in [3.63, 3.8) is 0 Å². The van der Waals surface area contributed by atoms with Gasteiger partial charge < -0.3 is 24.8 Å². The Hall–Kier alpha value is -9.36. The van der Waals surface area contributed by atoms with Gasteiger partial charge >= 0.3 is 0 Å². The monoisotopic (exact) mass is 1110 g/mol. The third-order valence-corrected chi connectivity index (χ3v) is 17.0. The van der Waals surface area contributed by atoms with Gasteiger partial charge in [-0.3, -0.25) is 0 Å². The lowest BCUT2D eigenvalue weighted by molar-refractivity contribution is -0.681. The molecule has 0 saturated carbocycles. The van der Waals surface area contributed by atoms with Crippen LogP contribution in [0.4, 0.5) is 39.8 Å². The molecule has 0 spiro atoms. The van der Waals surface area contributed by atoms with Crippen LogP contribution < -0.4 is 29.7 Å². The number of rotatable bonds is 20. The number of methoxy groups -OCH3 is 1. The van der Waals surface area contributed by atoms with Gasteiger partial charge in [-0.05, 0) is 195 Å². The van der Waals surface area contributed by atoms with E-state index in [1.54, 1.807) is 7.11 Å². The summed E-state index contributed by atoms with van der Waals surface area (Å²) in [5.74, 6) is 3.00. The molecule has 0 radical (unpaired) electrons. The molecule has 12 aromatic carbocycles. The average molecular weight is 1120 g/mol. The quantitative estimate of drug-likeness (QED) is 0.0664. The molecule has 85 heavy (non-hydrogen) atoms. The van der Waals surface area contributed by atoms with Gasteiger partial charge in [0.15, 0.2) is 0 Å². The van der Waals surface area contributed by atoms with E-state index in [0.717, 1.165) is 109 Å². The summed E-state index contributed by atoms with van der Waals surface area (Å²) in [4.78, 5) is 1.19. The van der Waals surface area contributed by atoms with Gasteiger partial charge in [-0.15, -0.1) is 0 Å². The van der Waals surface area contributed by atoms with E-state index in [4.69, 9.17) is 14.2 Å². The zero-order valence-corrected chi connectivity index (χ0v) is 50.3. The molecule has 2 unspecified atom stereocenters. The molecule has 12 rings (SSSR count). The highest BCUT2D eigenvalue weighted by Crippen LogP contribution is 2.45. The summed E-state index contributed by atoms with van der Waals surface area (Å²) in [6.07, 6.45) is 3.65. The van der Waals surface area contributed by atoms with Crippen molar-refractivity contribution < 1.29 is 19.1 Å². The predicted octanol–water partition coefficient (Wildman–Crippen LogP) is 19.7. The Balaban J connectivity index is 0.804. The molecule has 0 heterocycles. The van der Waals surface area contributed by atoms with Gasteiger partial charge in [-0.25, -0.2) is 4.90 Å². The van der Waals surface area contributed by atoms with E-state index >= 15 is 0 Å². The summed E-state index contributed by atoms with van der Waals surface area (Å²) in [7, 11) is 1.77. The Morgan fingerprint density at radius 1 is 0.376 bits per heavy atom. The maximum absolute atomic E-state index is 6.66. The highest BCUT2D eigenvalue weighted by Gasteiger charge is 2.23. The average Bonchev–Trinajstić information content (AvgIpc) is 1.98. The third-order valence-electron chi connectivity index (χ3n) is 17.0. The van der Waals surface area contributed by atoms with Crippen molar-refractivity contribution in [1.29, 1.82) is 0 Å². The van der Waals surface area contributed by atoms with E-state index in [9.17, 15) is 0 Å². The van der Waals surface area contributed by atoms with Gasteiger partial charge in [-0.2, -0.15) is 0 Å². The minimum absolute atomic E-state index is 0.334. The normalized spacial score (nSPS) is 12.2. The van der Waals surface area contributed by atoms with Crippen molar-refractivity contribution in [2.24, 2.45) is 0 Å². The number of hydrogen-bond acceptors (Lipinski definition) is 5. The van der Waals surface area contributed by atoms with E-state index in [-0.39, 0.29) is 0 Å². The van der Waals surface area contributed by atoms with Crippen LogP contribution in [0.3, 0.4) is 0 Å². The van der Waals surface area contributed by atoms with Crippen LogP contribution in [-0.2, 0) is 25.7 Å². The van der Waals surface area contributed by atoms with Crippen molar-refractivity contribution in [2.75, 3.05) is 31.0 Å². The smallest absolute Gasteiger partial charge is 0.141 e. The van der Waals surface area contributed by atoms with Crippen molar-refractivity contribution in [2.45, 2.75) is 80.1 Å². The Morgan fingerprint density at radius 2 is 0.859 bits per heavy atom. The molecule has 6 heteroatoms. The summed E-state index contributed by atoms with van der Waals surface area (Å²) < 4.78 is 19.2. The van der Waals surface area contributed by atoms with Crippen LogP contribution in [0.25, 0.3) is 43.1 Å². The number of anilines is 4. The van der Waals surface area contributed by atoms with E-state index in [2.05, 4.69) is 277 Å². The summed E-state index contributed by atoms with van der Waals surface area (Å²) in [5, 5.41) is 16.3. The number of fused-ring (bicyclic) bond motifs is 4. The van der Waals surface area contributed by atoms with E-state index < -0.39 is 0 Å². The van der Waals surface area contributed by atoms with Crippen LogP contribution in [0.5, 0.6) is 17.2 Å². The van der Waals surface area contributed by atoms with Crippen molar-refractivity contribution in [1.82, 2.24) is 0 Å². The molecule has 0 aromatic heterocycles. The van der Waals surface area contributed by atoms with Gasteiger partial charge in [0.25, 0.3) is 0 Å². The highest BCUT2D eigenvalue weighted by molar-refractivity contribution is 6.12. The summed E-state index contributed by atoms with van der Waals surface area (Å²) >= 11 is 0. The predicted molar refractivity (Wildman–Crippen MR) is 358 cm³/mol. The standard InChI is InChI=1S/C79H75N3O3/c1-9-67-68-19-15-16-20-69(68)77(83-8)70-41-32-62(49-74(67)70)81-61-30-38-66(39-31-61)82(64-34-21-51(4)22-35-64)65-36-23-56(24-37-65)45-57-25-40-71-75(47-57)79(85-11-3)76-50-63(33-42-72(76)78(71)84-10-2)80-60-28-26-58(27-29-60)59(46-55-17-13-12-14-18-55)48-73-53(6)43-52(5)44-54(73)7/h12-44,47,49-50,59,80-81H,9-11,45-46,48H2,1-8H3/p+1. The molecule has 2 atom stereocenters. The van der Waals surface area contributed by atoms with Crippen LogP contribution in [0.1, 0.15) is 82.3 Å². The zero-order valence-electron chi connectivity index (χ0n) is 50.3. The molecule has 12 aromatic rings. The maximum atomic E-state index is 6.66. The van der Waals surface area contributed by atoms with Gasteiger partial charge in [0.2, 0.25) is 0 Å². The largest absolute Gasteiger partial charge is 0.495 e. The first-order chi connectivity index (χ1) is 41.6. The molecular formula is C79H76N3O3+. The van der Waals surface area contributed by atoms with Gasteiger partial charge in [0, 0.05) is 91.5 Å². The van der Waals surface area contributed by atoms with E-state index in [0.29, 0.717) is 19.1 Å². The van der Waals surface area contributed by atoms with E-state index in [1.807, 2.05) is 0 Å². The topological polar surface area (TPSA) is 56.2 Å². The van der Waals surface area contributed by atoms with Gasteiger partial charge in [-0.1, -0.05) is 133 Å². The number of benzene rings is 12. The second-order valence-electron chi connectivity index (χ2n) is 22.9. The Kier molecular flexibility index (Phi) is 16.4. The Bertz CT molecular complexity index is 4320. The van der Waals surface area contributed by atoms with Crippen LogP contribution in [-0.4, -0.2) is 20.3 Å². The fraction of sp³-hybridized carbons (Fsp3) is 0.190. The van der Waals surface area contributed by atoms with Crippen molar-refractivity contribution in [3.8, 4) is 17.2 Å². The highest BCUT2D eigenvalue weighted by atomic mass is 16.5. The molecule has 6 nitrogen and oxygen atoms in total. The molecule has 0 fully saturated rings. The summed E-state index contributed by atoms with van der Waals surface area (Å²) in [6, 6.07) is 80.0. The SMILES string of the molecule is CCOc1c2ccc(Cc3ccc([NH+](c4ccc(C)cc4)c4ccc(Nc5ccc6c(OC)c7ccccc7c(CC)c6c5)cc4)cc3)cc2c(OCC)c2cc(Nc3ccc(C(Cc4ccccc4)Cc4c(C)cc(C)cc4C)cc3)ccc12. The second kappa shape index (κ2) is 24.8. The van der Waals surface area contributed by atoms with E-state index in [1.165, 1.54) is 77.0 Å². The molecule has 424 valence electrons. The molecule has 3 N–H and O–H groups in total. The first-order valence-electron chi connectivity index (χ1n) is 30.2. The first-order valence-corrected chi connectivity index (χ1v) is 30.2. The molecule has 0 aliphatic rings. The molecule has 0 amide bonds. The van der Waals surface area contributed by atoms with Gasteiger partial charge in [0.1, 0.15) is 34.3 Å². The molecule has 0 bridgehead atoms. The number of aryl methyl sites for hydroxylation is 5. The van der Waals surface area contributed by atoms with Crippen LogP contribution in [0.2, 0.25) is 0 Å². The zero-order chi connectivity index (χ0) is 58.6. The number of ether oxygens (including phenoxy) is 3. The Labute approximate surface area is 501 Å². The Morgan fingerprint density at radius 3 is 1.46 bits per heavy atom. The molecule has 0 aliphatic heterocycles. The maximum Gasteiger partial charge on any atom is 0.141 e. The minimum Gasteiger partial charge on any atom is -0.495 e. The molecule has 0 saturated heterocycles. The van der Waals surface area contributed by atoms with Crippen LogP contribution in [0.15, 0.2) is 218 Å². The number of hydrogen-bond donors (Lipinski definition) is 3. The number of nitrogens with one attached hydrogen (secondary N) is 3. The molecule has 0 aliphatic carbocycles. The van der Waals surface area contributed by atoms with Crippen LogP contribution in [0, 0.1) is 27.7 Å². The number of quaternary nitrogens is 1. The lowest BCUT2D eigenvalue weighted by Crippen LogP contribution is -2.96. The third kappa shape index (κ3) is 11.8. The second-order valence-corrected chi connectivity index (χ2v) is 22.9.